The standard InChI is InChI=1S/C27H27FN4O2/c1-17(2)18-9-11-19(12-10-18)24-26(32(16-30-24)20-6-3-4-7-20)21-14-29-15-22(28)25(21)31-27(33)23-8-5-13-34-23/h5,8-17,20H,3-4,6-7H2,1-2H3,(H,29,31,33). The van der Waals surface area contributed by atoms with Gasteiger partial charge >= 0.3 is 0 Å². The maximum atomic E-state index is 15.1. The van der Waals surface area contributed by atoms with Gasteiger partial charge in [-0.15, -0.1) is 0 Å². The molecule has 4 aromatic rings. The van der Waals surface area contributed by atoms with Crippen molar-refractivity contribution >= 4 is 11.6 Å². The van der Waals surface area contributed by atoms with Crippen LogP contribution in [0.1, 0.15) is 67.6 Å². The number of aromatic nitrogens is 3. The molecule has 1 amide bonds. The highest BCUT2D eigenvalue weighted by atomic mass is 19.1. The number of hydrogen-bond acceptors (Lipinski definition) is 4. The normalized spacial score (nSPS) is 14.1. The Bertz CT molecular complexity index is 1290. The average Bonchev–Trinajstić information content (AvgIpc) is 3.61. The molecule has 34 heavy (non-hydrogen) atoms. The van der Waals surface area contributed by atoms with Crippen LogP contribution in [0, 0.1) is 5.82 Å². The number of furan rings is 1. The van der Waals surface area contributed by atoms with Gasteiger partial charge in [0, 0.05) is 23.4 Å². The second-order valence-electron chi connectivity index (χ2n) is 9.04. The van der Waals surface area contributed by atoms with Crippen molar-refractivity contribution in [1.29, 1.82) is 0 Å². The third-order valence-corrected chi connectivity index (χ3v) is 6.50. The highest BCUT2D eigenvalue weighted by Crippen LogP contribution is 2.41. The fourth-order valence-electron chi connectivity index (χ4n) is 4.65. The van der Waals surface area contributed by atoms with Crippen molar-refractivity contribution in [2.24, 2.45) is 0 Å². The molecule has 0 aliphatic heterocycles. The van der Waals surface area contributed by atoms with Crippen molar-refractivity contribution in [3.8, 4) is 22.5 Å². The fraction of sp³-hybridized carbons (Fsp3) is 0.296. The van der Waals surface area contributed by atoms with Crippen molar-refractivity contribution < 1.29 is 13.6 Å². The van der Waals surface area contributed by atoms with E-state index in [-0.39, 0.29) is 17.5 Å². The van der Waals surface area contributed by atoms with Crippen LogP contribution in [0.3, 0.4) is 0 Å². The molecule has 1 aliphatic carbocycles. The van der Waals surface area contributed by atoms with E-state index >= 15 is 4.39 Å². The Morgan fingerprint density at radius 1 is 1.15 bits per heavy atom. The molecule has 0 radical (unpaired) electrons. The molecule has 0 unspecified atom stereocenters. The molecule has 3 aromatic heterocycles. The summed E-state index contributed by atoms with van der Waals surface area (Å²) in [5.41, 5.74) is 4.22. The number of imidazole rings is 1. The van der Waals surface area contributed by atoms with Gasteiger partial charge in [-0.05, 0) is 36.5 Å². The second-order valence-corrected chi connectivity index (χ2v) is 9.04. The number of carbonyl (C=O) groups is 1. The largest absolute Gasteiger partial charge is 0.459 e. The van der Waals surface area contributed by atoms with E-state index in [0.29, 0.717) is 11.5 Å². The second kappa shape index (κ2) is 9.25. The van der Waals surface area contributed by atoms with Crippen LogP contribution in [-0.2, 0) is 0 Å². The molecule has 5 rings (SSSR count). The first kappa shape index (κ1) is 22.1. The van der Waals surface area contributed by atoms with E-state index < -0.39 is 11.7 Å². The van der Waals surface area contributed by atoms with Crippen LogP contribution in [0.4, 0.5) is 10.1 Å². The number of nitrogens with one attached hydrogen (secondary N) is 1. The highest BCUT2D eigenvalue weighted by Gasteiger charge is 2.27. The lowest BCUT2D eigenvalue weighted by molar-refractivity contribution is 0.0996. The average molecular weight is 459 g/mol. The van der Waals surface area contributed by atoms with Gasteiger partial charge in [0.1, 0.15) is 0 Å². The van der Waals surface area contributed by atoms with Crippen molar-refractivity contribution in [2.45, 2.75) is 51.5 Å². The summed E-state index contributed by atoms with van der Waals surface area (Å²) in [4.78, 5) is 21.6. The Morgan fingerprint density at radius 2 is 1.91 bits per heavy atom. The Labute approximate surface area is 197 Å². The molecule has 1 aromatic carbocycles. The van der Waals surface area contributed by atoms with Gasteiger partial charge in [-0.1, -0.05) is 51.0 Å². The summed E-state index contributed by atoms with van der Waals surface area (Å²) < 4.78 is 22.4. The smallest absolute Gasteiger partial charge is 0.291 e. The lowest BCUT2D eigenvalue weighted by atomic mass is 9.98. The molecule has 0 bridgehead atoms. The summed E-state index contributed by atoms with van der Waals surface area (Å²) in [5.74, 6) is -0.611. The van der Waals surface area contributed by atoms with Gasteiger partial charge in [0.25, 0.3) is 5.91 Å². The summed E-state index contributed by atoms with van der Waals surface area (Å²) in [6.07, 6.45) is 10.3. The molecule has 174 valence electrons. The minimum Gasteiger partial charge on any atom is -0.459 e. The number of rotatable bonds is 6. The van der Waals surface area contributed by atoms with E-state index in [0.717, 1.165) is 48.8 Å². The van der Waals surface area contributed by atoms with Crippen LogP contribution in [0.15, 0.2) is 65.8 Å². The number of benzene rings is 1. The van der Waals surface area contributed by atoms with Gasteiger partial charge in [-0.3, -0.25) is 9.78 Å². The molecular formula is C27H27FN4O2. The molecule has 6 nitrogen and oxygen atoms in total. The zero-order chi connectivity index (χ0) is 23.7. The van der Waals surface area contributed by atoms with Gasteiger partial charge in [-0.25, -0.2) is 9.37 Å². The predicted molar refractivity (Wildman–Crippen MR) is 129 cm³/mol. The zero-order valence-electron chi connectivity index (χ0n) is 19.3. The van der Waals surface area contributed by atoms with Crippen LogP contribution in [-0.4, -0.2) is 20.4 Å². The third-order valence-electron chi connectivity index (χ3n) is 6.50. The van der Waals surface area contributed by atoms with E-state index in [1.54, 1.807) is 18.3 Å². The van der Waals surface area contributed by atoms with E-state index in [4.69, 9.17) is 9.40 Å². The number of nitrogens with zero attached hydrogens (tertiary/aromatic N) is 3. The lowest BCUT2D eigenvalue weighted by Crippen LogP contribution is -2.14. The van der Waals surface area contributed by atoms with Crippen LogP contribution < -0.4 is 5.32 Å². The van der Waals surface area contributed by atoms with E-state index in [1.807, 2.05) is 18.5 Å². The van der Waals surface area contributed by atoms with E-state index in [2.05, 4.69) is 40.8 Å². The molecule has 1 saturated carbocycles. The first-order valence-electron chi connectivity index (χ1n) is 11.7. The molecule has 1 aliphatic rings. The third kappa shape index (κ3) is 4.14. The molecule has 1 N–H and O–H groups in total. The SMILES string of the molecule is CC(C)c1ccc(-c2ncn(C3CCCC3)c2-c2cncc(F)c2NC(=O)c2ccco2)cc1. The predicted octanol–water partition coefficient (Wildman–Crippen LogP) is 6.84. The van der Waals surface area contributed by atoms with Gasteiger partial charge in [-0.2, -0.15) is 0 Å². The summed E-state index contributed by atoms with van der Waals surface area (Å²) in [6.45, 7) is 4.31. The number of anilines is 1. The Balaban J connectivity index is 1.64. The summed E-state index contributed by atoms with van der Waals surface area (Å²) in [6, 6.07) is 11.7. The minimum atomic E-state index is -0.613. The van der Waals surface area contributed by atoms with E-state index in [1.165, 1.54) is 11.8 Å². The van der Waals surface area contributed by atoms with Gasteiger partial charge in [0.15, 0.2) is 11.6 Å². The topological polar surface area (TPSA) is 73.0 Å². The molecule has 7 heteroatoms. The van der Waals surface area contributed by atoms with Gasteiger partial charge in [0.05, 0.1) is 35.9 Å². The molecule has 1 fully saturated rings. The maximum absolute atomic E-state index is 15.1. The quantitative estimate of drug-likeness (QED) is 0.343. The lowest BCUT2D eigenvalue weighted by Gasteiger charge is -2.19. The first-order valence-corrected chi connectivity index (χ1v) is 11.7. The molecule has 0 saturated heterocycles. The number of hydrogen-bond donors (Lipinski definition) is 1. The zero-order valence-corrected chi connectivity index (χ0v) is 19.3. The maximum Gasteiger partial charge on any atom is 0.291 e. The van der Waals surface area contributed by atoms with Crippen LogP contribution in [0.25, 0.3) is 22.5 Å². The fourth-order valence-corrected chi connectivity index (χ4v) is 4.65. The molecule has 0 spiro atoms. The van der Waals surface area contributed by atoms with Crippen molar-refractivity contribution in [2.75, 3.05) is 5.32 Å². The Kier molecular flexibility index (Phi) is 6.01. The summed E-state index contributed by atoms with van der Waals surface area (Å²) in [5, 5.41) is 2.70. The van der Waals surface area contributed by atoms with Gasteiger partial charge in [0.2, 0.25) is 0 Å². The number of amides is 1. The van der Waals surface area contributed by atoms with Crippen LogP contribution in [0.5, 0.6) is 0 Å². The molecule has 3 heterocycles. The highest BCUT2D eigenvalue weighted by molar-refractivity contribution is 6.05. The van der Waals surface area contributed by atoms with Crippen LogP contribution >= 0.6 is 0 Å². The monoisotopic (exact) mass is 458 g/mol. The number of carbonyl (C=O) groups excluding carboxylic acids is 1. The van der Waals surface area contributed by atoms with Crippen molar-refractivity contribution in [3.05, 3.63) is 78.5 Å². The van der Waals surface area contributed by atoms with Crippen LogP contribution in [0.2, 0.25) is 0 Å². The van der Waals surface area contributed by atoms with Crippen molar-refractivity contribution in [1.82, 2.24) is 14.5 Å². The summed E-state index contributed by atoms with van der Waals surface area (Å²) >= 11 is 0. The Hall–Kier alpha value is -3.74. The Morgan fingerprint density at radius 3 is 2.59 bits per heavy atom. The van der Waals surface area contributed by atoms with Crippen molar-refractivity contribution in [3.63, 3.8) is 0 Å². The van der Waals surface area contributed by atoms with Gasteiger partial charge < -0.3 is 14.3 Å². The first-order chi connectivity index (χ1) is 16.5. The number of pyridine rings is 1. The van der Waals surface area contributed by atoms with E-state index in [9.17, 15) is 4.79 Å². The minimum absolute atomic E-state index is 0.0659. The molecular weight excluding hydrogens is 431 g/mol. The summed E-state index contributed by atoms with van der Waals surface area (Å²) in [7, 11) is 0. The number of halogens is 1. The molecule has 0 atom stereocenters.